The summed E-state index contributed by atoms with van der Waals surface area (Å²) in [4.78, 5) is 17.4. The molecule has 7 heteroatoms. The molecule has 0 atom stereocenters. The smallest absolute Gasteiger partial charge is 0.229 e. The van der Waals surface area contributed by atoms with Crippen molar-refractivity contribution >= 4 is 35.3 Å². The summed E-state index contributed by atoms with van der Waals surface area (Å²) >= 11 is 0. The van der Waals surface area contributed by atoms with Crippen molar-refractivity contribution < 1.29 is 9.53 Å². The van der Waals surface area contributed by atoms with Gasteiger partial charge >= 0.3 is 0 Å². The lowest BCUT2D eigenvalue weighted by Crippen LogP contribution is -2.35. The van der Waals surface area contributed by atoms with Crippen LogP contribution < -0.4 is 15.4 Å². The van der Waals surface area contributed by atoms with E-state index in [1.54, 1.807) is 7.11 Å². The normalized spacial score (nSPS) is 14.6. The van der Waals surface area contributed by atoms with E-state index in [0.29, 0.717) is 5.95 Å². The highest BCUT2D eigenvalue weighted by atomic mass is 35.5. The molecule has 2 heterocycles. The number of aromatic nitrogens is 2. The number of piperidine rings is 1. The van der Waals surface area contributed by atoms with Gasteiger partial charge in [-0.05, 0) is 62.3 Å². The van der Waals surface area contributed by atoms with Crippen LogP contribution in [0.15, 0.2) is 48.5 Å². The van der Waals surface area contributed by atoms with Crippen molar-refractivity contribution in [3.63, 3.8) is 0 Å². The first-order chi connectivity index (χ1) is 12.8. The first-order valence-electron chi connectivity index (χ1n) is 8.90. The second-order valence-electron chi connectivity index (χ2n) is 6.47. The van der Waals surface area contributed by atoms with Crippen LogP contribution in [-0.2, 0) is 4.79 Å². The Kier molecular flexibility index (Phi) is 5.98. The molecule has 2 aromatic carbocycles. The molecule has 0 aliphatic carbocycles. The topological polar surface area (TPSA) is 68.2 Å². The molecule has 1 saturated heterocycles. The van der Waals surface area contributed by atoms with Gasteiger partial charge in [0.25, 0.3) is 0 Å². The monoisotopic (exact) mass is 386 g/mol. The lowest BCUT2D eigenvalue weighted by atomic mass is 9.97. The van der Waals surface area contributed by atoms with Crippen LogP contribution in [0.3, 0.4) is 0 Å². The zero-order chi connectivity index (χ0) is 17.9. The Hall–Kier alpha value is -2.57. The van der Waals surface area contributed by atoms with E-state index in [4.69, 9.17) is 4.74 Å². The van der Waals surface area contributed by atoms with Crippen LogP contribution in [0.2, 0.25) is 0 Å². The van der Waals surface area contributed by atoms with E-state index in [2.05, 4.69) is 15.6 Å². The summed E-state index contributed by atoms with van der Waals surface area (Å²) in [7, 11) is 1.65. The molecular formula is C20H23ClN4O2. The summed E-state index contributed by atoms with van der Waals surface area (Å²) in [5.74, 6) is 1.41. The highest BCUT2D eigenvalue weighted by Gasteiger charge is 2.23. The van der Waals surface area contributed by atoms with Gasteiger partial charge in [-0.25, -0.2) is 4.98 Å². The minimum atomic E-state index is 0. The minimum Gasteiger partial charge on any atom is -0.497 e. The fourth-order valence-corrected chi connectivity index (χ4v) is 3.40. The third kappa shape index (κ3) is 3.91. The summed E-state index contributed by atoms with van der Waals surface area (Å²) in [6.45, 7) is 1.76. The van der Waals surface area contributed by atoms with Crippen LogP contribution in [0.25, 0.3) is 16.7 Å². The van der Waals surface area contributed by atoms with Gasteiger partial charge < -0.3 is 10.1 Å². The number of rotatable bonds is 4. The number of para-hydroxylation sites is 2. The molecule has 0 saturated carbocycles. The maximum atomic E-state index is 12.7. The van der Waals surface area contributed by atoms with Gasteiger partial charge in [0.2, 0.25) is 11.9 Å². The number of carbonyl (C=O) groups is 1. The third-order valence-corrected chi connectivity index (χ3v) is 4.84. The number of carbonyl (C=O) groups excluding carboxylic acids is 1. The van der Waals surface area contributed by atoms with Crippen molar-refractivity contribution in [2.75, 3.05) is 25.5 Å². The maximum absolute atomic E-state index is 12.7. The van der Waals surface area contributed by atoms with Crippen molar-refractivity contribution in [3.05, 3.63) is 48.5 Å². The number of benzene rings is 2. The number of nitrogens with zero attached hydrogens (tertiary/aromatic N) is 2. The lowest BCUT2D eigenvalue weighted by Gasteiger charge is -2.21. The molecule has 3 aromatic rings. The van der Waals surface area contributed by atoms with Gasteiger partial charge in [-0.1, -0.05) is 12.1 Å². The molecule has 1 aliphatic heterocycles. The quantitative estimate of drug-likeness (QED) is 0.721. The van der Waals surface area contributed by atoms with Crippen molar-refractivity contribution in [1.82, 2.24) is 14.9 Å². The molecule has 0 bridgehead atoms. The number of hydrogen-bond acceptors (Lipinski definition) is 4. The average Bonchev–Trinajstić information content (AvgIpc) is 3.06. The van der Waals surface area contributed by atoms with Crippen LogP contribution in [0, 0.1) is 5.92 Å². The second kappa shape index (κ2) is 8.41. The van der Waals surface area contributed by atoms with Gasteiger partial charge in [0, 0.05) is 11.6 Å². The molecule has 0 radical (unpaired) electrons. The second-order valence-corrected chi connectivity index (χ2v) is 6.47. The predicted molar refractivity (Wildman–Crippen MR) is 109 cm³/mol. The molecule has 0 spiro atoms. The van der Waals surface area contributed by atoms with Gasteiger partial charge in [0.15, 0.2) is 0 Å². The fourth-order valence-electron chi connectivity index (χ4n) is 3.40. The van der Waals surface area contributed by atoms with Gasteiger partial charge in [-0.3, -0.25) is 14.7 Å². The first kappa shape index (κ1) is 19.2. The van der Waals surface area contributed by atoms with E-state index in [-0.39, 0.29) is 24.2 Å². The number of nitrogens with one attached hydrogen (secondary N) is 2. The standard InChI is InChI=1S/C20H22N4O2.ClH/c1-26-16-8-6-15(7-9-16)24-18-5-3-2-4-17(18)22-20(24)23-19(25)14-10-12-21-13-11-14;/h2-9,14,21H,10-13H2,1H3,(H,22,23,25);1H. The van der Waals surface area contributed by atoms with Crippen LogP contribution >= 0.6 is 12.4 Å². The number of imidazole rings is 1. The van der Waals surface area contributed by atoms with E-state index < -0.39 is 0 Å². The SMILES string of the molecule is COc1ccc(-n2c(NC(=O)C3CCNCC3)nc3ccccc32)cc1.Cl. The van der Waals surface area contributed by atoms with Crippen LogP contribution in [0.5, 0.6) is 5.75 Å². The van der Waals surface area contributed by atoms with Crippen molar-refractivity contribution in [2.24, 2.45) is 5.92 Å². The number of hydrogen-bond donors (Lipinski definition) is 2. The molecule has 142 valence electrons. The number of fused-ring (bicyclic) bond motifs is 1. The molecule has 2 N–H and O–H groups in total. The van der Waals surface area contributed by atoms with E-state index >= 15 is 0 Å². The van der Waals surface area contributed by atoms with Crippen LogP contribution in [0.1, 0.15) is 12.8 Å². The highest BCUT2D eigenvalue weighted by Crippen LogP contribution is 2.27. The Morgan fingerprint density at radius 1 is 1.15 bits per heavy atom. The summed E-state index contributed by atoms with van der Waals surface area (Å²) in [5.41, 5.74) is 2.74. The zero-order valence-corrected chi connectivity index (χ0v) is 16.0. The van der Waals surface area contributed by atoms with Crippen molar-refractivity contribution in [3.8, 4) is 11.4 Å². The van der Waals surface area contributed by atoms with E-state index in [1.807, 2.05) is 53.1 Å². The Balaban J connectivity index is 0.00000210. The molecule has 6 nitrogen and oxygen atoms in total. The molecule has 1 amide bonds. The van der Waals surface area contributed by atoms with E-state index in [9.17, 15) is 4.79 Å². The maximum Gasteiger partial charge on any atom is 0.229 e. The number of halogens is 1. The summed E-state index contributed by atoms with van der Waals surface area (Å²) < 4.78 is 7.23. The Morgan fingerprint density at radius 2 is 1.85 bits per heavy atom. The molecule has 27 heavy (non-hydrogen) atoms. The van der Waals surface area contributed by atoms with Crippen LogP contribution in [-0.4, -0.2) is 35.7 Å². The van der Waals surface area contributed by atoms with Gasteiger partial charge in [0.05, 0.1) is 18.1 Å². The average molecular weight is 387 g/mol. The third-order valence-electron chi connectivity index (χ3n) is 4.84. The zero-order valence-electron chi connectivity index (χ0n) is 15.1. The van der Waals surface area contributed by atoms with E-state index in [1.165, 1.54) is 0 Å². The van der Waals surface area contributed by atoms with Crippen molar-refractivity contribution in [1.29, 1.82) is 0 Å². The fraction of sp³-hybridized carbons (Fsp3) is 0.300. The number of amides is 1. The summed E-state index contributed by atoms with van der Waals surface area (Å²) in [5, 5.41) is 6.34. The highest BCUT2D eigenvalue weighted by molar-refractivity contribution is 5.94. The Labute approximate surface area is 164 Å². The minimum absolute atomic E-state index is 0. The Morgan fingerprint density at radius 3 is 2.56 bits per heavy atom. The molecule has 1 fully saturated rings. The molecular weight excluding hydrogens is 364 g/mol. The number of ether oxygens (including phenoxy) is 1. The lowest BCUT2D eigenvalue weighted by molar-refractivity contribution is -0.120. The van der Waals surface area contributed by atoms with Gasteiger partial charge in [0.1, 0.15) is 5.75 Å². The Bertz CT molecular complexity index is 917. The molecule has 4 rings (SSSR count). The predicted octanol–water partition coefficient (Wildman–Crippen LogP) is 3.39. The van der Waals surface area contributed by atoms with Gasteiger partial charge in [-0.2, -0.15) is 0 Å². The van der Waals surface area contributed by atoms with Crippen LogP contribution in [0.4, 0.5) is 5.95 Å². The molecule has 0 unspecified atom stereocenters. The van der Waals surface area contributed by atoms with Gasteiger partial charge in [-0.15, -0.1) is 12.4 Å². The number of anilines is 1. The molecule has 1 aromatic heterocycles. The largest absolute Gasteiger partial charge is 0.497 e. The summed E-state index contributed by atoms with van der Waals surface area (Å²) in [6.07, 6.45) is 1.71. The summed E-state index contributed by atoms with van der Waals surface area (Å²) in [6, 6.07) is 15.6. The number of methoxy groups -OCH3 is 1. The van der Waals surface area contributed by atoms with E-state index in [0.717, 1.165) is 48.4 Å². The first-order valence-corrected chi connectivity index (χ1v) is 8.90. The van der Waals surface area contributed by atoms with Crippen molar-refractivity contribution in [2.45, 2.75) is 12.8 Å². The molecule has 1 aliphatic rings.